The van der Waals surface area contributed by atoms with Crippen LogP contribution in [0.5, 0.6) is 0 Å². The number of aryl methyl sites for hydroxylation is 2. The number of nitrogens with zero attached hydrogens (tertiary/aromatic N) is 2. The van der Waals surface area contributed by atoms with Crippen molar-refractivity contribution in [1.82, 2.24) is 4.98 Å². The molecule has 0 amide bonds. The summed E-state index contributed by atoms with van der Waals surface area (Å²) in [5.74, 6) is 0. The van der Waals surface area contributed by atoms with Crippen molar-refractivity contribution in [3.63, 3.8) is 0 Å². The maximum Gasteiger partial charge on any atom is 0.216 e. The van der Waals surface area contributed by atoms with E-state index in [-0.39, 0.29) is 0 Å². The third-order valence-electron chi connectivity index (χ3n) is 6.71. The fourth-order valence-corrected chi connectivity index (χ4v) is 5.12. The molecule has 0 bridgehead atoms. The van der Waals surface area contributed by atoms with E-state index >= 15 is 0 Å². The summed E-state index contributed by atoms with van der Waals surface area (Å²) in [6.45, 7) is 7.85. The average Bonchev–Trinajstić information content (AvgIpc) is 3.27. The molecule has 3 nitrogen and oxygen atoms in total. The Hall–Kier alpha value is -3.98. The van der Waals surface area contributed by atoms with Crippen LogP contribution in [-0.4, -0.2) is 4.98 Å². The zero-order chi connectivity index (χ0) is 26.8. The number of aromatic nitrogens is 2. The number of furan rings is 1. The van der Waals surface area contributed by atoms with Gasteiger partial charge in [-0.25, -0.2) is 4.57 Å². The molecular weight excluding hydrogens is 440 g/mol. The van der Waals surface area contributed by atoms with E-state index in [1.165, 1.54) is 10.8 Å². The van der Waals surface area contributed by atoms with Gasteiger partial charge in [-0.3, -0.25) is 4.98 Å². The fraction of sp³-hybridized carbons (Fsp3) is 0.212. The summed E-state index contributed by atoms with van der Waals surface area (Å²) in [5, 5.41) is 4.67. The molecule has 0 saturated carbocycles. The molecule has 0 fully saturated rings. The topological polar surface area (TPSA) is 29.9 Å². The fourth-order valence-electron chi connectivity index (χ4n) is 5.12. The van der Waals surface area contributed by atoms with Crippen molar-refractivity contribution >= 4 is 32.7 Å². The van der Waals surface area contributed by atoms with Gasteiger partial charge in [0.25, 0.3) is 0 Å². The maximum absolute atomic E-state index is 8.54. The number of hydrogen-bond donors (Lipinski definition) is 0. The molecule has 3 heterocycles. The monoisotopic (exact) mass is 473 g/mol. The van der Waals surface area contributed by atoms with Crippen LogP contribution in [0.15, 0.2) is 89.6 Å². The molecule has 36 heavy (non-hydrogen) atoms. The van der Waals surface area contributed by atoms with Crippen molar-refractivity contribution in [2.24, 2.45) is 12.5 Å². The SMILES string of the molecule is [2H]C([2H])(c1ccc(-c2ccc(-c3c(C)ccc4c3oc3ccc5ccccc5c34)[n+](C)c2)nc1)C(C)(C)C. The predicted molar refractivity (Wildman–Crippen MR) is 149 cm³/mol. The Morgan fingerprint density at radius 1 is 0.917 bits per heavy atom. The molecule has 0 aliphatic carbocycles. The minimum absolute atomic E-state index is 0.522. The average molecular weight is 474 g/mol. The molecule has 6 aromatic rings. The largest absolute Gasteiger partial charge is 0.455 e. The Kier molecular flexibility index (Phi) is 4.67. The lowest BCUT2D eigenvalue weighted by Crippen LogP contribution is -2.31. The standard InChI is InChI=1S/C33H31N2O/c1-21-10-14-26-31-25-9-7-6-8-23(25)13-17-29(31)36-32(26)30(21)28-16-12-24(20-35(28)5)27-15-11-22(19-34-27)18-33(2,3)4/h6-17,19-20H,18H2,1-5H3/q+1/i18D2. The van der Waals surface area contributed by atoms with Crippen molar-refractivity contribution < 1.29 is 11.7 Å². The zero-order valence-electron chi connectivity index (χ0n) is 23.4. The minimum atomic E-state index is -1.47. The van der Waals surface area contributed by atoms with E-state index in [1.54, 1.807) is 6.20 Å². The number of hydrogen-bond acceptors (Lipinski definition) is 2. The van der Waals surface area contributed by atoms with Gasteiger partial charge < -0.3 is 4.42 Å². The minimum Gasteiger partial charge on any atom is -0.455 e. The highest BCUT2D eigenvalue weighted by molar-refractivity contribution is 6.20. The van der Waals surface area contributed by atoms with Gasteiger partial charge in [0.1, 0.15) is 18.2 Å². The molecule has 0 saturated heterocycles. The van der Waals surface area contributed by atoms with Crippen LogP contribution in [0.4, 0.5) is 0 Å². The van der Waals surface area contributed by atoms with E-state index < -0.39 is 11.8 Å². The number of pyridine rings is 2. The van der Waals surface area contributed by atoms with Crippen molar-refractivity contribution in [3.05, 3.63) is 96.3 Å². The van der Waals surface area contributed by atoms with Gasteiger partial charge in [0.2, 0.25) is 5.69 Å². The highest BCUT2D eigenvalue weighted by atomic mass is 16.3. The maximum atomic E-state index is 8.54. The van der Waals surface area contributed by atoms with Crippen LogP contribution in [0.1, 0.15) is 34.6 Å². The highest BCUT2D eigenvalue weighted by Crippen LogP contribution is 2.40. The van der Waals surface area contributed by atoms with Gasteiger partial charge >= 0.3 is 0 Å². The van der Waals surface area contributed by atoms with Crippen molar-refractivity contribution in [2.75, 3.05) is 0 Å². The van der Waals surface area contributed by atoms with Crippen molar-refractivity contribution in [2.45, 2.75) is 34.1 Å². The number of rotatable bonds is 3. The molecule has 0 aliphatic heterocycles. The Balaban J connectivity index is 1.45. The third-order valence-corrected chi connectivity index (χ3v) is 6.71. The van der Waals surface area contributed by atoms with Gasteiger partial charge in [0.15, 0.2) is 6.20 Å². The summed E-state index contributed by atoms with van der Waals surface area (Å²) in [7, 11) is 2.04. The first-order chi connectivity index (χ1) is 18.1. The quantitative estimate of drug-likeness (QED) is 0.243. The zero-order valence-corrected chi connectivity index (χ0v) is 21.4. The predicted octanol–water partition coefficient (Wildman–Crippen LogP) is 8.19. The van der Waals surface area contributed by atoms with Crippen LogP contribution in [0, 0.1) is 12.3 Å². The molecular formula is C33H31N2O+. The second-order valence-corrected chi connectivity index (χ2v) is 10.6. The first kappa shape index (κ1) is 20.2. The van der Waals surface area contributed by atoms with Gasteiger partial charge in [-0.1, -0.05) is 69.3 Å². The van der Waals surface area contributed by atoms with Crippen molar-refractivity contribution in [1.29, 1.82) is 0 Å². The van der Waals surface area contributed by atoms with Crippen LogP contribution in [0.25, 0.3) is 55.2 Å². The van der Waals surface area contributed by atoms with Gasteiger partial charge in [0, 0.05) is 25.8 Å². The molecule has 0 radical (unpaired) electrons. The highest BCUT2D eigenvalue weighted by Gasteiger charge is 2.22. The van der Waals surface area contributed by atoms with Crippen molar-refractivity contribution in [3.8, 4) is 22.5 Å². The van der Waals surface area contributed by atoms with Crippen LogP contribution >= 0.6 is 0 Å². The first-order valence-corrected chi connectivity index (χ1v) is 12.4. The van der Waals surface area contributed by atoms with E-state index in [4.69, 9.17) is 7.16 Å². The number of benzene rings is 3. The van der Waals surface area contributed by atoms with E-state index in [2.05, 4.69) is 83.3 Å². The molecule has 0 spiro atoms. The molecule has 0 atom stereocenters. The first-order valence-electron chi connectivity index (χ1n) is 13.4. The lowest BCUT2D eigenvalue weighted by molar-refractivity contribution is -0.659. The van der Waals surface area contributed by atoms with E-state index in [9.17, 15) is 0 Å². The van der Waals surface area contributed by atoms with E-state index in [0.717, 1.165) is 50.0 Å². The number of fused-ring (bicyclic) bond motifs is 5. The summed E-state index contributed by atoms with van der Waals surface area (Å²) < 4.78 is 25.7. The molecule has 3 heteroatoms. The summed E-state index contributed by atoms with van der Waals surface area (Å²) in [6, 6.07) is 24.9. The molecule has 178 valence electrons. The summed E-state index contributed by atoms with van der Waals surface area (Å²) in [4.78, 5) is 4.63. The second kappa shape index (κ2) is 8.30. The van der Waals surface area contributed by atoms with Gasteiger partial charge in [0.05, 0.1) is 16.8 Å². The van der Waals surface area contributed by atoms with Gasteiger partial charge in [-0.15, -0.1) is 0 Å². The Bertz CT molecular complexity index is 1840. The van der Waals surface area contributed by atoms with Crippen LogP contribution in [-0.2, 0) is 13.4 Å². The summed E-state index contributed by atoms with van der Waals surface area (Å²) in [5.41, 5.74) is 6.93. The molecule has 3 aromatic carbocycles. The van der Waals surface area contributed by atoms with Gasteiger partial charge in [-0.2, -0.15) is 0 Å². The van der Waals surface area contributed by atoms with Crippen LogP contribution < -0.4 is 4.57 Å². The van der Waals surface area contributed by atoms with Crippen LogP contribution in [0.3, 0.4) is 0 Å². The Morgan fingerprint density at radius 2 is 1.75 bits per heavy atom. The Morgan fingerprint density at radius 3 is 2.50 bits per heavy atom. The summed E-state index contributed by atoms with van der Waals surface area (Å²) >= 11 is 0. The smallest absolute Gasteiger partial charge is 0.216 e. The van der Waals surface area contributed by atoms with Gasteiger partial charge in [-0.05, 0) is 58.8 Å². The summed E-state index contributed by atoms with van der Waals surface area (Å²) in [6.07, 6.45) is 2.27. The van der Waals surface area contributed by atoms with Crippen LogP contribution in [0.2, 0.25) is 0 Å². The van der Waals surface area contributed by atoms with E-state index in [1.807, 2.05) is 40.0 Å². The third kappa shape index (κ3) is 3.85. The van der Waals surface area contributed by atoms with E-state index in [0.29, 0.717) is 5.56 Å². The lowest BCUT2D eigenvalue weighted by atomic mass is 9.89. The second-order valence-electron chi connectivity index (χ2n) is 10.6. The lowest BCUT2D eigenvalue weighted by Gasteiger charge is -2.17. The molecule has 6 rings (SSSR count). The Labute approximate surface area is 214 Å². The molecule has 3 aromatic heterocycles. The molecule has 0 aliphatic rings. The molecule has 0 N–H and O–H groups in total. The normalized spacial score (nSPS) is 13.4. The molecule has 0 unspecified atom stereocenters.